The summed E-state index contributed by atoms with van der Waals surface area (Å²) in [5.41, 5.74) is 2.17. The lowest BCUT2D eigenvalue weighted by atomic mass is 10.1. The number of carbonyl (C=O) groups excluding carboxylic acids is 1. The summed E-state index contributed by atoms with van der Waals surface area (Å²) in [6, 6.07) is 7.57. The number of rotatable bonds is 5. The van der Waals surface area contributed by atoms with Crippen molar-refractivity contribution < 1.29 is 14.3 Å². The Hall–Kier alpha value is -3.29. The third kappa shape index (κ3) is 3.70. The summed E-state index contributed by atoms with van der Waals surface area (Å²) in [4.78, 5) is 19.6. The second kappa shape index (κ2) is 7.62. The maximum atomic E-state index is 13.5. The molecule has 1 aliphatic rings. The van der Waals surface area contributed by atoms with Crippen molar-refractivity contribution in [2.45, 2.75) is 26.5 Å². The Bertz CT molecular complexity index is 1040. The number of para-hydroxylation sites is 2. The molecular weight excluding hydrogens is 370 g/mol. The minimum absolute atomic E-state index is 0.0847. The van der Waals surface area contributed by atoms with Crippen molar-refractivity contribution in [1.29, 1.82) is 0 Å². The second-order valence-corrected chi connectivity index (χ2v) is 7.31. The highest BCUT2D eigenvalue weighted by atomic mass is 16.6. The zero-order valence-electron chi connectivity index (χ0n) is 17.1. The van der Waals surface area contributed by atoms with Gasteiger partial charge in [0.05, 0.1) is 24.3 Å². The maximum absolute atomic E-state index is 13.5. The van der Waals surface area contributed by atoms with Crippen molar-refractivity contribution in [3.63, 3.8) is 0 Å². The predicted octanol–water partition coefficient (Wildman–Crippen LogP) is 2.25. The summed E-state index contributed by atoms with van der Waals surface area (Å²) >= 11 is 0. The van der Waals surface area contributed by atoms with E-state index in [1.807, 2.05) is 63.0 Å². The van der Waals surface area contributed by atoms with Gasteiger partial charge >= 0.3 is 0 Å². The van der Waals surface area contributed by atoms with Crippen molar-refractivity contribution >= 4 is 5.91 Å². The van der Waals surface area contributed by atoms with Gasteiger partial charge in [0.1, 0.15) is 12.4 Å². The van der Waals surface area contributed by atoms with Gasteiger partial charge in [-0.05, 0) is 26.0 Å². The van der Waals surface area contributed by atoms with Crippen LogP contribution in [0.5, 0.6) is 11.5 Å². The minimum atomic E-state index is -0.272. The van der Waals surface area contributed by atoms with Crippen LogP contribution in [-0.4, -0.2) is 49.4 Å². The molecule has 0 N–H and O–H groups in total. The Morgan fingerprint density at radius 2 is 2.00 bits per heavy atom. The van der Waals surface area contributed by atoms with Gasteiger partial charge in [0, 0.05) is 32.2 Å². The molecule has 1 aliphatic heterocycles. The zero-order valence-corrected chi connectivity index (χ0v) is 17.1. The van der Waals surface area contributed by atoms with Crippen LogP contribution in [0.25, 0.3) is 0 Å². The van der Waals surface area contributed by atoms with E-state index < -0.39 is 0 Å². The molecule has 1 aromatic carbocycles. The lowest BCUT2D eigenvalue weighted by molar-refractivity contribution is 0.0435. The van der Waals surface area contributed by atoms with Crippen LogP contribution in [0.1, 0.15) is 27.6 Å². The molecule has 1 atom stereocenters. The SMILES string of the molecule is Cc1nn(C)c(C)c1C(=O)N(Cc1nccn1C)C[C@@H]1COc2ccccc2O1. The van der Waals surface area contributed by atoms with Gasteiger partial charge in [-0.3, -0.25) is 9.48 Å². The molecule has 8 heteroatoms. The molecule has 4 rings (SSSR count). The molecule has 0 saturated carbocycles. The van der Waals surface area contributed by atoms with Gasteiger partial charge in [0.15, 0.2) is 17.6 Å². The second-order valence-electron chi connectivity index (χ2n) is 7.31. The van der Waals surface area contributed by atoms with Gasteiger partial charge in [-0.1, -0.05) is 12.1 Å². The molecule has 0 radical (unpaired) electrons. The van der Waals surface area contributed by atoms with E-state index in [-0.39, 0.29) is 12.0 Å². The molecule has 0 fully saturated rings. The van der Waals surface area contributed by atoms with E-state index in [4.69, 9.17) is 9.47 Å². The summed E-state index contributed by atoms with van der Waals surface area (Å²) in [6.07, 6.45) is 3.33. The van der Waals surface area contributed by atoms with Crippen LogP contribution in [0.4, 0.5) is 0 Å². The van der Waals surface area contributed by atoms with Crippen molar-refractivity contribution in [3.8, 4) is 11.5 Å². The summed E-state index contributed by atoms with van der Waals surface area (Å²) in [6.45, 7) is 4.90. The van der Waals surface area contributed by atoms with Gasteiger partial charge in [-0.25, -0.2) is 4.98 Å². The molecule has 152 valence electrons. The Labute approximate surface area is 169 Å². The number of hydrogen-bond donors (Lipinski definition) is 0. The molecule has 0 bridgehead atoms. The average Bonchev–Trinajstić information content (AvgIpc) is 3.22. The Morgan fingerprint density at radius 1 is 1.24 bits per heavy atom. The fourth-order valence-corrected chi connectivity index (χ4v) is 3.58. The van der Waals surface area contributed by atoms with E-state index in [9.17, 15) is 4.79 Å². The molecule has 0 unspecified atom stereocenters. The zero-order chi connectivity index (χ0) is 20.5. The van der Waals surface area contributed by atoms with Crippen molar-refractivity contribution in [2.24, 2.45) is 14.1 Å². The smallest absolute Gasteiger partial charge is 0.258 e. The van der Waals surface area contributed by atoms with Gasteiger partial charge < -0.3 is 18.9 Å². The van der Waals surface area contributed by atoms with E-state index >= 15 is 0 Å². The number of carbonyl (C=O) groups is 1. The van der Waals surface area contributed by atoms with Crippen LogP contribution < -0.4 is 9.47 Å². The quantitative estimate of drug-likeness (QED) is 0.662. The largest absolute Gasteiger partial charge is 0.486 e. The van der Waals surface area contributed by atoms with Crippen LogP contribution in [0.3, 0.4) is 0 Å². The number of amides is 1. The molecule has 0 spiro atoms. The standard InChI is InChI=1S/C21H25N5O3/c1-14-20(15(2)25(4)23-14)21(27)26(12-19-22-9-10-24(19)3)11-16-13-28-17-7-5-6-8-18(17)29-16/h5-10,16H,11-13H2,1-4H3/t16-/m1/s1. The molecule has 3 aromatic rings. The third-order valence-corrected chi connectivity index (χ3v) is 5.25. The van der Waals surface area contributed by atoms with E-state index in [1.54, 1.807) is 15.8 Å². The third-order valence-electron chi connectivity index (χ3n) is 5.25. The summed E-state index contributed by atoms with van der Waals surface area (Å²) in [7, 11) is 3.76. The van der Waals surface area contributed by atoms with E-state index in [1.165, 1.54) is 0 Å². The molecule has 0 aliphatic carbocycles. The Kier molecular flexibility index (Phi) is 5.00. The number of imidazole rings is 1. The number of benzene rings is 1. The highest BCUT2D eigenvalue weighted by Crippen LogP contribution is 2.31. The van der Waals surface area contributed by atoms with Gasteiger partial charge in [-0.15, -0.1) is 0 Å². The Morgan fingerprint density at radius 3 is 2.66 bits per heavy atom. The molecule has 3 heterocycles. The highest BCUT2D eigenvalue weighted by Gasteiger charge is 2.29. The normalized spacial score (nSPS) is 15.4. The first-order valence-electron chi connectivity index (χ1n) is 9.58. The number of nitrogens with zero attached hydrogens (tertiary/aromatic N) is 5. The summed E-state index contributed by atoms with van der Waals surface area (Å²) < 4.78 is 15.6. The number of ether oxygens (including phenoxy) is 2. The van der Waals surface area contributed by atoms with E-state index in [0.29, 0.717) is 36.7 Å². The monoisotopic (exact) mass is 395 g/mol. The average molecular weight is 395 g/mol. The van der Waals surface area contributed by atoms with Crippen molar-refractivity contribution in [1.82, 2.24) is 24.2 Å². The number of aromatic nitrogens is 4. The molecule has 1 amide bonds. The van der Waals surface area contributed by atoms with Crippen LogP contribution in [0, 0.1) is 13.8 Å². The molecule has 0 saturated heterocycles. The van der Waals surface area contributed by atoms with Crippen LogP contribution in [0.15, 0.2) is 36.7 Å². The molecule has 29 heavy (non-hydrogen) atoms. The highest BCUT2D eigenvalue weighted by molar-refractivity contribution is 5.96. The lowest BCUT2D eigenvalue weighted by Gasteiger charge is -2.31. The van der Waals surface area contributed by atoms with Crippen LogP contribution in [-0.2, 0) is 20.6 Å². The summed E-state index contributed by atoms with van der Waals surface area (Å²) in [5.74, 6) is 2.14. The topological polar surface area (TPSA) is 74.4 Å². The van der Waals surface area contributed by atoms with Crippen molar-refractivity contribution in [2.75, 3.05) is 13.2 Å². The molecule has 2 aromatic heterocycles. The number of aryl methyl sites for hydroxylation is 3. The first-order valence-corrected chi connectivity index (χ1v) is 9.58. The minimum Gasteiger partial charge on any atom is -0.486 e. The van der Waals surface area contributed by atoms with Gasteiger partial charge in [0.25, 0.3) is 5.91 Å². The van der Waals surface area contributed by atoms with Gasteiger partial charge in [0.2, 0.25) is 0 Å². The van der Waals surface area contributed by atoms with E-state index in [0.717, 1.165) is 17.3 Å². The molecule has 8 nitrogen and oxygen atoms in total. The lowest BCUT2D eigenvalue weighted by Crippen LogP contribution is -2.44. The van der Waals surface area contributed by atoms with Crippen LogP contribution in [0.2, 0.25) is 0 Å². The van der Waals surface area contributed by atoms with Gasteiger partial charge in [-0.2, -0.15) is 5.10 Å². The Balaban J connectivity index is 1.60. The fourth-order valence-electron chi connectivity index (χ4n) is 3.58. The van der Waals surface area contributed by atoms with Crippen molar-refractivity contribution in [3.05, 3.63) is 59.4 Å². The van der Waals surface area contributed by atoms with E-state index in [2.05, 4.69) is 10.1 Å². The maximum Gasteiger partial charge on any atom is 0.258 e. The first-order chi connectivity index (χ1) is 13.9. The predicted molar refractivity (Wildman–Crippen MR) is 107 cm³/mol. The number of fused-ring (bicyclic) bond motifs is 1. The first kappa shape index (κ1) is 19.0. The molecular formula is C21H25N5O3. The fraction of sp³-hybridized carbons (Fsp3) is 0.381. The summed E-state index contributed by atoms with van der Waals surface area (Å²) in [5, 5.41) is 4.40. The number of hydrogen-bond acceptors (Lipinski definition) is 5. The van der Waals surface area contributed by atoms with Crippen LogP contribution >= 0.6 is 0 Å².